The maximum atomic E-state index is 13.8. The molecule has 182 valence electrons. The third-order valence-corrected chi connectivity index (χ3v) is 7.80. The van der Waals surface area contributed by atoms with Gasteiger partial charge in [-0.15, -0.1) is 0 Å². The molecule has 0 aromatic carbocycles. The van der Waals surface area contributed by atoms with E-state index in [1.165, 1.54) is 0 Å². The van der Waals surface area contributed by atoms with Gasteiger partial charge < -0.3 is 15.0 Å². The highest BCUT2D eigenvalue weighted by molar-refractivity contribution is 5.86. The van der Waals surface area contributed by atoms with Crippen molar-refractivity contribution < 1.29 is 22.7 Å². The number of hydrogen-bond acceptors (Lipinski definition) is 4. The van der Waals surface area contributed by atoms with E-state index in [1.54, 1.807) is 4.90 Å². The summed E-state index contributed by atoms with van der Waals surface area (Å²) < 4.78 is 45.2. The van der Waals surface area contributed by atoms with Crippen LogP contribution in [0.15, 0.2) is 24.4 Å². The summed E-state index contributed by atoms with van der Waals surface area (Å²) in [5.74, 6) is -0.0198. The van der Waals surface area contributed by atoms with Crippen LogP contribution in [-0.4, -0.2) is 47.6 Å². The second-order valence-electron chi connectivity index (χ2n) is 10.7. The van der Waals surface area contributed by atoms with E-state index < -0.39 is 17.2 Å². The number of rotatable bonds is 4. The lowest BCUT2D eigenvalue weighted by molar-refractivity contribution is -0.141. The molecule has 1 aromatic heterocycles. The summed E-state index contributed by atoms with van der Waals surface area (Å²) in [6, 6.07) is 1.66. The Balaban J connectivity index is 1.50. The van der Waals surface area contributed by atoms with Crippen LogP contribution in [0, 0.1) is 10.8 Å². The fourth-order valence-electron chi connectivity index (χ4n) is 5.63. The molecule has 1 aliphatic carbocycles. The van der Waals surface area contributed by atoms with Crippen molar-refractivity contribution in [2.75, 3.05) is 19.8 Å². The minimum atomic E-state index is -4.45. The molecule has 8 heteroatoms. The number of pyridine rings is 1. The highest BCUT2D eigenvalue weighted by Gasteiger charge is 2.49. The highest BCUT2D eigenvalue weighted by atomic mass is 19.4. The number of amides is 1. The molecule has 1 aromatic rings. The zero-order valence-corrected chi connectivity index (χ0v) is 19.7. The van der Waals surface area contributed by atoms with Crippen molar-refractivity contribution in [2.45, 2.75) is 77.7 Å². The van der Waals surface area contributed by atoms with Gasteiger partial charge in [0.1, 0.15) is 0 Å². The number of alkyl halides is 3. The average molecular weight is 466 g/mol. The number of halogens is 3. The SMILES string of the molecule is C=C(C)[C@]1(C(=O)N2CCc3ncc(C(F)(F)F)cc3C2)CC[C@@H](NC2CCOCC2(C)C)C1. The summed E-state index contributed by atoms with van der Waals surface area (Å²) in [5.41, 5.74) is 0.531. The molecular weight excluding hydrogens is 431 g/mol. The second-order valence-corrected chi connectivity index (χ2v) is 10.7. The molecule has 0 radical (unpaired) electrons. The number of aromatic nitrogens is 1. The molecule has 5 nitrogen and oxygen atoms in total. The van der Waals surface area contributed by atoms with Crippen molar-refractivity contribution in [3.8, 4) is 0 Å². The van der Waals surface area contributed by atoms with Gasteiger partial charge in [0, 0.05) is 55.5 Å². The first-order chi connectivity index (χ1) is 15.4. The summed E-state index contributed by atoms with van der Waals surface area (Å²) in [6.45, 7) is 12.5. The van der Waals surface area contributed by atoms with Gasteiger partial charge in [-0.05, 0) is 44.2 Å². The smallest absolute Gasteiger partial charge is 0.381 e. The number of carbonyl (C=O) groups excluding carboxylic acids is 1. The van der Waals surface area contributed by atoms with Gasteiger partial charge in [-0.3, -0.25) is 9.78 Å². The van der Waals surface area contributed by atoms with Gasteiger partial charge in [0.25, 0.3) is 0 Å². The van der Waals surface area contributed by atoms with Crippen LogP contribution in [0.2, 0.25) is 0 Å². The Morgan fingerprint density at radius 2 is 2.09 bits per heavy atom. The van der Waals surface area contributed by atoms with Crippen molar-refractivity contribution in [2.24, 2.45) is 10.8 Å². The number of ether oxygens (including phenoxy) is 1. The number of nitrogens with zero attached hydrogens (tertiary/aromatic N) is 2. The van der Waals surface area contributed by atoms with Crippen molar-refractivity contribution in [1.29, 1.82) is 0 Å². The highest BCUT2D eigenvalue weighted by Crippen LogP contribution is 2.46. The summed E-state index contributed by atoms with van der Waals surface area (Å²) in [7, 11) is 0. The first-order valence-corrected chi connectivity index (χ1v) is 11.8. The molecule has 2 fully saturated rings. The van der Waals surface area contributed by atoms with Crippen molar-refractivity contribution in [3.63, 3.8) is 0 Å². The summed E-state index contributed by atoms with van der Waals surface area (Å²) in [4.78, 5) is 19.5. The standard InChI is InChI=1S/C25H34F3N3O2/c1-16(2)24(8-5-19(12-24)30-21-7-10-33-15-23(21,3)4)22(32)31-9-6-20-17(14-31)11-18(13-29-20)25(26,27)28/h11,13,19,21,30H,1,5-10,12,14-15H2,2-4H3/t19-,21?,24+/m1/s1. The van der Waals surface area contributed by atoms with Crippen LogP contribution in [0.25, 0.3) is 0 Å². The number of fused-ring (bicyclic) bond motifs is 1. The molecule has 3 aliphatic rings. The Morgan fingerprint density at radius 3 is 2.76 bits per heavy atom. The Labute approximate surface area is 193 Å². The zero-order chi connectivity index (χ0) is 24.0. The zero-order valence-electron chi connectivity index (χ0n) is 19.7. The van der Waals surface area contributed by atoms with Crippen molar-refractivity contribution in [1.82, 2.24) is 15.2 Å². The van der Waals surface area contributed by atoms with Gasteiger partial charge in [-0.2, -0.15) is 13.2 Å². The lowest BCUT2D eigenvalue weighted by atomic mass is 9.77. The molecule has 3 heterocycles. The molecular formula is C25H34F3N3O2. The summed E-state index contributed by atoms with van der Waals surface area (Å²) in [5, 5.41) is 3.79. The number of carbonyl (C=O) groups is 1. The minimum Gasteiger partial charge on any atom is -0.381 e. The van der Waals surface area contributed by atoms with Crippen LogP contribution in [0.3, 0.4) is 0 Å². The Kier molecular flexibility index (Phi) is 6.37. The largest absolute Gasteiger partial charge is 0.417 e. The second kappa shape index (κ2) is 8.69. The number of hydrogen-bond donors (Lipinski definition) is 1. The summed E-state index contributed by atoms with van der Waals surface area (Å²) >= 11 is 0. The Bertz CT molecular complexity index is 930. The van der Waals surface area contributed by atoms with Crippen LogP contribution in [-0.2, 0) is 28.7 Å². The molecule has 1 N–H and O–H groups in total. The molecule has 33 heavy (non-hydrogen) atoms. The predicted octanol–water partition coefficient (Wildman–Crippen LogP) is 4.50. The van der Waals surface area contributed by atoms with Crippen LogP contribution in [0.5, 0.6) is 0 Å². The van der Waals surface area contributed by atoms with Gasteiger partial charge in [0.15, 0.2) is 0 Å². The monoisotopic (exact) mass is 465 g/mol. The fraction of sp³-hybridized carbons (Fsp3) is 0.680. The molecule has 4 rings (SSSR count). The molecule has 2 aliphatic heterocycles. The van der Waals surface area contributed by atoms with Gasteiger partial charge in [-0.25, -0.2) is 0 Å². The normalized spacial score (nSPS) is 29.6. The van der Waals surface area contributed by atoms with E-state index in [1.807, 2.05) is 6.92 Å². The molecule has 1 amide bonds. The first-order valence-electron chi connectivity index (χ1n) is 11.8. The van der Waals surface area contributed by atoms with E-state index in [0.717, 1.165) is 37.3 Å². The van der Waals surface area contributed by atoms with E-state index in [4.69, 9.17) is 4.74 Å². The quantitative estimate of drug-likeness (QED) is 0.665. The molecule has 1 saturated carbocycles. The van der Waals surface area contributed by atoms with Crippen molar-refractivity contribution in [3.05, 3.63) is 41.2 Å². The van der Waals surface area contributed by atoms with Gasteiger partial charge in [0.2, 0.25) is 5.91 Å². The van der Waals surface area contributed by atoms with Crippen LogP contribution >= 0.6 is 0 Å². The van der Waals surface area contributed by atoms with Crippen LogP contribution in [0.4, 0.5) is 13.2 Å². The topological polar surface area (TPSA) is 54.5 Å². The van der Waals surface area contributed by atoms with Crippen LogP contribution < -0.4 is 5.32 Å². The lowest BCUT2D eigenvalue weighted by Gasteiger charge is -2.41. The summed E-state index contributed by atoms with van der Waals surface area (Å²) in [6.07, 6.45) is 0.0758. The third kappa shape index (κ3) is 4.69. The number of nitrogens with one attached hydrogen (secondary N) is 1. The van der Waals surface area contributed by atoms with Crippen LogP contribution in [0.1, 0.15) is 63.3 Å². The maximum absolute atomic E-state index is 13.8. The maximum Gasteiger partial charge on any atom is 0.417 e. The van der Waals surface area contributed by atoms with E-state index in [9.17, 15) is 18.0 Å². The van der Waals surface area contributed by atoms with Gasteiger partial charge >= 0.3 is 6.18 Å². The van der Waals surface area contributed by atoms with E-state index in [2.05, 4.69) is 30.7 Å². The van der Waals surface area contributed by atoms with Gasteiger partial charge in [0.05, 0.1) is 17.6 Å². The molecule has 0 bridgehead atoms. The Morgan fingerprint density at radius 1 is 1.33 bits per heavy atom. The van der Waals surface area contributed by atoms with E-state index >= 15 is 0 Å². The molecule has 0 spiro atoms. The fourth-order valence-corrected chi connectivity index (χ4v) is 5.63. The van der Waals surface area contributed by atoms with E-state index in [0.29, 0.717) is 49.7 Å². The van der Waals surface area contributed by atoms with E-state index in [-0.39, 0.29) is 23.9 Å². The first kappa shape index (κ1) is 24.2. The average Bonchev–Trinajstić information content (AvgIpc) is 3.18. The Hall–Kier alpha value is -1.93. The third-order valence-electron chi connectivity index (χ3n) is 7.80. The predicted molar refractivity (Wildman–Crippen MR) is 119 cm³/mol. The molecule has 3 atom stereocenters. The minimum absolute atomic E-state index is 0.0198. The van der Waals surface area contributed by atoms with Crippen molar-refractivity contribution >= 4 is 5.91 Å². The molecule has 1 saturated heterocycles. The lowest BCUT2D eigenvalue weighted by Crippen LogP contribution is -2.52. The van der Waals surface area contributed by atoms with Gasteiger partial charge in [-0.1, -0.05) is 26.0 Å². The molecule has 1 unspecified atom stereocenters.